The first-order chi connectivity index (χ1) is 13.5. The maximum absolute atomic E-state index is 12.7. The molecule has 0 atom stereocenters. The Hall–Kier alpha value is -2.86. The van der Waals surface area contributed by atoms with Crippen LogP contribution < -0.4 is 9.64 Å². The average Bonchev–Trinajstić information content (AvgIpc) is 3.04. The van der Waals surface area contributed by atoms with Crippen molar-refractivity contribution in [3.8, 4) is 11.5 Å². The second-order valence-electron chi connectivity index (χ2n) is 7.61. The topological polar surface area (TPSA) is 65.9 Å². The lowest BCUT2D eigenvalue weighted by Crippen LogP contribution is -2.46. The molecule has 0 amide bonds. The Kier molecular flexibility index (Phi) is 4.81. The van der Waals surface area contributed by atoms with E-state index >= 15 is 0 Å². The van der Waals surface area contributed by atoms with E-state index in [0.717, 1.165) is 43.1 Å². The summed E-state index contributed by atoms with van der Waals surface area (Å²) < 4.78 is 5.93. The molecule has 6 heteroatoms. The standard InChI is InChI=1S/C22H25N3O3/c1-14(2)21-20(27)19-15(3)12-17(26)16(22(19)28-21)13-24-8-10-25(11-9-24)18-6-4-5-7-23-18/h4-7,12,26H,8-11,13H2,1-3H3. The normalized spacial score (nSPS) is 16.9. The number of anilines is 1. The minimum absolute atomic E-state index is 0.0891. The minimum Gasteiger partial charge on any atom is -0.507 e. The summed E-state index contributed by atoms with van der Waals surface area (Å²) in [6.07, 6.45) is 1.81. The number of carbonyl (C=O) groups excluding carboxylic acids is 1. The number of allylic oxidation sites excluding steroid dienone is 2. The highest BCUT2D eigenvalue weighted by atomic mass is 16.5. The highest BCUT2D eigenvalue weighted by molar-refractivity contribution is 6.14. The van der Waals surface area contributed by atoms with Gasteiger partial charge in [0.2, 0.25) is 5.78 Å². The molecule has 0 radical (unpaired) electrons. The molecule has 1 aromatic carbocycles. The summed E-state index contributed by atoms with van der Waals surface area (Å²) >= 11 is 0. The van der Waals surface area contributed by atoms with E-state index < -0.39 is 0 Å². The van der Waals surface area contributed by atoms with Crippen molar-refractivity contribution in [1.29, 1.82) is 0 Å². The van der Waals surface area contributed by atoms with Gasteiger partial charge in [-0.3, -0.25) is 9.69 Å². The van der Waals surface area contributed by atoms with E-state index in [-0.39, 0.29) is 11.5 Å². The van der Waals surface area contributed by atoms with Crippen LogP contribution in [0.25, 0.3) is 0 Å². The molecule has 2 aromatic rings. The van der Waals surface area contributed by atoms with Crippen LogP contribution >= 0.6 is 0 Å². The van der Waals surface area contributed by atoms with Crippen LogP contribution in [0.4, 0.5) is 5.82 Å². The molecule has 4 rings (SSSR count). The monoisotopic (exact) mass is 379 g/mol. The lowest BCUT2D eigenvalue weighted by Gasteiger charge is -2.35. The third-order valence-corrected chi connectivity index (χ3v) is 5.38. The van der Waals surface area contributed by atoms with E-state index in [0.29, 0.717) is 29.2 Å². The third kappa shape index (κ3) is 3.24. The number of Topliss-reactive ketones (excluding diaryl/α,β-unsaturated/α-hetero) is 1. The van der Waals surface area contributed by atoms with Gasteiger partial charge < -0.3 is 14.7 Å². The van der Waals surface area contributed by atoms with E-state index in [1.807, 2.05) is 45.2 Å². The van der Waals surface area contributed by atoms with E-state index in [1.165, 1.54) is 0 Å². The van der Waals surface area contributed by atoms with Crippen LogP contribution in [0.2, 0.25) is 0 Å². The number of benzene rings is 1. The zero-order valence-electron chi connectivity index (χ0n) is 16.5. The van der Waals surface area contributed by atoms with Crippen LogP contribution in [0.1, 0.15) is 35.3 Å². The predicted octanol–water partition coefficient (Wildman–Crippen LogP) is 3.29. The molecular formula is C22H25N3O3. The maximum Gasteiger partial charge on any atom is 0.232 e. The predicted molar refractivity (Wildman–Crippen MR) is 108 cm³/mol. The van der Waals surface area contributed by atoms with Crippen molar-refractivity contribution >= 4 is 11.6 Å². The molecule has 0 saturated carbocycles. The van der Waals surface area contributed by atoms with Crippen molar-refractivity contribution in [3.05, 3.63) is 58.5 Å². The summed E-state index contributed by atoms with van der Waals surface area (Å²) in [5.41, 5.74) is 2.86. The first kappa shape index (κ1) is 18.5. The van der Waals surface area contributed by atoms with Crippen molar-refractivity contribution in [2.75, 3.05) is 31.1 Å². The SMILES string of the molecule is CC(C)=C1Oc2c(CN3CCN(c4ccccn4)CC3)c(O)cc(C)c2C1=O. The first-order valence-corrected chi connectivity index (χ1v) is 9.59. The number of hydrogen-bond acceptors (Lipinski definition) is 6. The number of phenolic OH excluding ortho intramolecular Hbond substituents is 1. The zero-order chi connectivity index (χ0) is 19.8. The van der Waals surface area contributed by atoms with Crippen LogP contribution in [0.15, 0.2) is 41.8 Å². The number of ketones is 1. The van der Waals surface area contributed by atoms with Gasteiger partial charge in [-0.15, -0.1) is 0 Å². The molecule has 0 aliphatic carbocycles. The Bertz CT molecular complexity index is 941. The van der Waals surface area contributed by atoms with Crippen molar-refractivity contribution in [3.63, 3.8) is 0 Å². The lowest BCUT2D eigenvalue weighted by atomic mass is 9.98. The highest BCUT2D eigenvalue weighted by Gasteiger charge is 2.34. The van der Waals surface area contributed by atoms with Crippen LogP contribution in [0.3, 0.4) is 0 Å². The third-order valence-electron chi connectivity index (χ3n) is 5.38. The number of phenols is 1. The largest absolute Gasteiger partial charge is 0.507 e. The van der Waals surface area contributed by atoms with Crippen LogP contribution in [-0.2, 0) is 6.54 Å². The summed E-state index contributed by atoms with van der Waals surface area (Å²) in [5.74, 6) is 1.99. The Morgan fingerprint density at radius 1 is 1.21 bits per heavy atom. The molecule has 1 fully saturated rings. The van der Waals surface area contributed by atoms with E-state index in [1.54, 1.807) is 6.07 Å². The van der Waals surface area contributed by atoms with Gasteiger partial charge in [0.15, 0.2) is 5.76 Å². The number of aromatic nitrogens is 1. The number of fused-ring (bicyclic) bond motifs is 1. The number of aryl methyl sites for hydroxylation is 1. The van der Waals surface area contributed by atoms with Gasteiger partial charge >= 0.3 is 0 Å². The van der Waals surface area contributed by atoms with Crippen molar-refractivity contribution in [2.45, 2.75) is 27.3 Å². The summed E-state index contributed by atoms with van der Waals surface area (Å²) in [4.78, 5) is 21.7. The molecule has 0 spiro atoms. The number of nitrogens with zero attached hydrogens (tertiary/aromatic N) is 3. The minimum atomic E-state index is -0.0891. The lowest BCUT2D eigenvalue weighted by molar-refractivity contribution is 0.101. The number of rotatable bonds is 3. The van der Waals surface area contributed by atoms with Gasteiger partial charge in [-0.2, -0.15) is 0 Å². The molecule has 2 aliphatic heterocycles. The summed E-state index contributed by atoms with van der Waals surface area (Å²) in [6.45, 7) is 9.55. The van der Waals surface area contributed by atoms with Crippen molar-refractivity contribution in [2.24, 2.45) is 0 Å². The smallest absolute Gasteiger partial charge is 0.232 e. The molecule has 0 unspecified atom stereocenters. The van der Waals surface area contributed by atoms with E-state index in [2.05, 4.69) is 14.8 Å². The fourth-order valence-corrected chi connectivity index (χ4v) is 3.85. The highest BCUT2D eigenvalue weighted by Crippen LogP contribution is 2.42. The molecule has 6 nitrogen and oxygen atoms in total. The molecule has 3 heterocycles. The maximum atomic E-state index is 12.7. The molecule has 1 saturated heterocycles. The van der Waals surface area contributed by atoms with Gasteiger partial charge in [-0.1, -0.05) is 6.07 Å². The number of hydrogen-bond donors (Lipinski definition) is 1. The number of carbonyl (C=O) groups is 1. The van der Waals surface area contributed by atoms with Gasteiger partial charge in [-0.05, 0) is 50.1 Å². The van der Waals surface area contributed by atoms with Crippen molar-refractivity contribution < 1.29 is 14.6 Å². The molecule has 2 aliphatic rings. The second-order valence-corrected chi connectivity index (χ2v) is 7.61. The van der Waals surface area contributed by atoms with E-state index in [9.17, 15) is 9.90 Å². The number of aromatic hydroxyl groups is 1. The fraction of sp³-hybridized carbons (Fsp3) is 0.364. The summed E-state index contributed by atoms with van der Waals surface area (Å²) in [5, 5.41) is 10.6. The second kappa shape index (κ2) is 7.28. The van der Waals surface area contributed by atoms with Gasteiger partial charge in [0, 0.05) is 38.9 Å². The Balaban J connectivity index is 1.54. The quantitative estimate of drug-likeness (QED) is 0.826. The number of pyridine rings is 1. The Labute approximate surface area is 165 Å². The molecule has 28 heavy (non-hydrogen) atoms. The molecule has 1 aromatic heterocycles. The van der Waals surface area contributed by atoms with Gasteiger partial charge in [0.05, 0.1) is 11.1 Å². The molecule has 0 bridgehead atoms. The number of ether oxygens (including phenoxy) is 1. The first-order valence-electron chi connectivity index (χ1n) is 9.59. The van der Waals surface area contributed by atoms with Crippen LogP contribution in [0, 0.1) is 6.92 Å². The Morgan fingerprint density at radius 2 is 1.96 bits per heavy atom. The summed E-state index contributed by atoms with van der Waals surface area (Å²) in [6, 6.07) is 7.61. The van der Waals surface area contributed by atoms with Crippen LogP contribution in [-0.4, -0.2) is 47.0 Å². The molecule has 1 N–H and O–H groups in total. The molecular weight excluding hydrogens is 354 g/mol. The zero-order valence-corrected chi connectivity index (χ0v) is 16.5. The van der Waals surface area contributed by atoms with Gasteiger partial charge in [0.25, 0.3) is 0 Å². The van der Waals surface area contributed by atoms with Gasteiger partial charge in [-0.25, -0.2) is 4.98 Å². The molecule has 146 valence electrons. The summed E-state index contributed by atoms with van der Waals surface area (Å²) in [7, 11) is 0. The van der Waals surface area contributed by atoms with Gasteiger partial charge in [0.1, 0.15) is 17.3 Å². The van der Waals surface area contributed by atoms with Crippen molar-refractivity contribution in [1.82, 2.24) is 9.88 Å². The average molecular weight is 379 g/mol. The number of piperazine rings is 1. The fourth-order valence-electron chi connectivity index (χ4n) is 3.85. The Morgan fingerprint density at radius 3 is 2.61 bits per heavy atom. The van der Waals surface area contributed by atoms with Crippen LogP contribution in [0.5, 0.6) is 11.5 Å². The van der Waals surface area contributed by atoms with E-state index in [4.69, 9.17) is 4.74 Å².